The highest BCUT2D eigenvalue weighted by atomic mass is 35.5. The van der Waals surface area contributed by atoms with Gasteiger partial charge < -0.3 is 0 Å². The van der Waals surface area contributed by atoms with Crippen LogP contribution in [0.1, 0.15) is 46.7 Å². The van der Waals surface area contributed by atoms with Crippen LogP contribution in [0.2, 0.25) is 5.02 Å². The van der Waals surface area contributed by atoms with Crippen LogP contribution in [0.15, 0.2) is 36.4 Å². The Balaban J connectivity index is 1.96. The molecule has 108 valence electrons. The fourth-order valence-electron chi connectivity index (χ4n) is 2.53. The number of hydrogen-bond acceptors (Lipinski definition) is 1. The van der Waals surface area contributed by atoms with E-state index in [0.29, 0.717) is 11.5 Å². The van der Waals surface area contributed by atoms with Crippen molar-refractivity contribution in [1.29, 1.82) is 0 Å². The van der Waals surface area contributed by atoms with Crippen LogP contribution in [0.3, 0.4) is 0 Å². The van der Waals surface area contributed by atoms with Crippen LogP contribution in [0.5, 0.6) is 0 Å². The first-order chi connectivity index (χ1) is 10.1. The Bertz CT molecular complexity index is 708. The Hall–Kier alpha value is -1.74. The van der Waals surface area contributed by atoms with Crippen molar-refractivity contribution in [2.75, 3.05) is 0 Å². The van der Waals surface area contributed by atoms with Crippen LogP contribution in [0.25, 0.3) is 0 Å². The molecule has 0 atom stereocenters. The Morgan fingerprint density at radius 3 is 2.52 bits per heavy atom. The van der Waals surface area contributed by atoms with E-state index in [9.17, 15) is 13.6 Å². The molecule has 0 amide bonds. The Kier molecular flexibility index (Phi) is 3.77. The number of hydrogen-bond donors (Lipinski definition) is 0. The molecule has 1 nitrogen and oxygen atoms in total. The van der Waals surface area contributed by atoms with Gasteiger partial charge in [-0.3, -0.25) is 4.79 Å². The van der Waals surface area contributed by atoms with Crippen molar-refractivity contribution in [2.24, 2.45) is 0 Å². The maximum Gasteiger partial charge on any atom is 0.196 e. The summed E-state index contributed by atoms with van der Waals surface area (Å²) in [6, 6.07) is 8.84. The van der Waals surface area contributed by atoms with E-state index >= 15 is 0 Å². The summed E-state index contributed by atoms with van der Waals surface area (Å²) >= 11 is 5.50. The van der Waals surface area contributed by atoms with Gasteiger partial charge in [0.1, 0.15) is 11.6 Å². The van der Waals surface area contributed by atoms with Crippen molar-refractivity contribution >= 4 is 17.4 Å². The Labute approximate surface area is 126 Å². The summed E-state index contributed by atoms with van der Waals surface area (Å²) < 4.78 is 27.3. The van der Waals surface area contributed by atoms with Gasteiger partial charge in [0.25, 0.3) is 0 Å². The first-order valence-corrected chi connectivity index (χ1v) is 7.23. The molecule has 2 aromatic rings. The van der Waals surface area contributed by atoms with E-state index in [1.807, 2.05) is 6.07 Å². The summed E-state index contributed by atoms with van der Waals surface area (Å²) in [5, 5.41) is -0.327. The third-order valence-electron chi connectivity index (χ3n) is 3.98. The Morgan fingerprint density at radius 2 is 1.86 bits per heavy atom. The number of carbonyl (C=O) groups excluding carboxylic acids is 1. The minimum Gasteiger partial charge on any atom is -0.288 e. The molecule has 21 heavy (non-hydrogen) atoms. The van der Waals surface area contributed by atoms with Crippen LogP contribution in [-0.2, 0) is 0 Å². The zero-order chi connectivity index (χ0) is 15.0. The van der Waals surface area contributed by atoms with Gasteiger partial charge in [0.15, 0.2) is 5.78 Å². The number of halogens is 3. The van der Waals surface area contributed by atoms with Crippen molar-refractivity contribution in [3.05, 3.63) is 69.7 Å². The fraction of sp³-hybridized carbons (Fsp3) is 0.235. The van der Waals surface area contributed by atoms with Crippen LogP contribution in [0, 0.1) is 11.6 Å². The maximum absolute atomic E-state index is 13.8. The molecule has 0 radical (unpaired) electrons. The van der Waals surface area contributed by atoms with E-state index in [4.69, 9.17) is 11.6 Å². The van der Waals surface area contributed by atoms with E-state index in [2.05, 4.69) is 0 Å². The molecular formula is C17H13ClF2O. The maximum atomic E-state index is 13.8. The molecule has 1 aliphatic rings. The zero-order valence-electron chi connectivity index (χ0n) is 11.2. The van der Waals surface area contributed by atoms with E-state index < -0.39 is 17.4 Å². The predicted octanol–water partition coefficient (Wildman–Crippen LogP) is 5.12. The summed E-state index contributed by atoms with van der Waals surface area (Å²) in [6.45, 7) is 0. The lowest BCUT2D eigenvalue weighted by Crippen LogP contribution is -2.11. The second-order valence-corrected chi connectivity index (χ2v) is 5.74. The smallest absolute Gasteiger partial charge is 0.196 e. The third kappa shape index (κ3) is 2.70. The zero-order valence-corrected chi connectivity index (χ0v) is 12.0. The quantitative estimate of drug-likeness (QED) is 0.568. The van der Waals surface area contributed by atoms with Gasteiger partial charge in [-0.2, -0.15) is 0 Å². The lowest BCUT2D eigenvalue weighted by atomic mass is 9.79. The fourth-order valence-corrected chi connectivity index (χ4v) is 2.68. The second kappa shape index (κ2) is 5.57. The molecule has 0 bridgehead atoms. The molecule has 0 aliphatic heterocycles. The number of rotatable bonds is 3. The van der Waals surface area contributed by atoms with E-state index in [1.54, 1.807) is 18.2 Å². The molecular weight excluding hydrogens is 294 g/mol. The lowest BCUT2D eigenvalue weighted by Gasteiger charge is -2.26. The summed E-state index contributed by atoms with van der Waals surface area (Å²) in [4.78, 5) is 12.4. The van der Waals surface area contributed by atoms with Crippen LogP contribution < -0.4 is 0 Å². The van der Waals surface area contributed by atoms with Crippen molar-refractivity contribution in [1.82, 2.24) is 0 Å². The molecule has 1 aliphatic carbocycles. The van der Waals surface area contributed by atoms with Crippen molar-refractivity contribution < 1.29 is 13.6 Å². The van der Waals surface area contributed by atoms with Crippen LogP contribution >= 0.6 is 11.6 Å². The summed E-state index contributed by atoms with van der Waals surface area (Å²) in [5.41, 5.74) is 1.17. The molecule has 0 unspecified atom stereocenters. The minimum absolute atomic E-state index is 0.289. The molecule has 2 aromatic carbocycles. The molecule has 0 heterocycles. The number of benzene rings is 2. The average molecular weight is 307 g/mol. The van der Waals surface area contributed by atoms with Crippen molar-refractivity contribution in [3.63, 3.8) is 0 Å². The highest BCUT2D eigenvalue weighted by Gasteiger charge is 2.22. The molecule has 0 aromatic heterocycles. The molecule has 0 N–H and O–H groups in total. The molecule has 0 saturated heterocycles. The van der Waals surface area contributed by atoms with Crippen LogP contribution in [-0.4, -0.2) is 5.78 Å². The predicted molar refractivity (Wildman–Crippen MR) is 77.8 cm³/mol. The van der Waals surface area contributed by atoms with Gasteiger partial charge in [-0.15, -0.1) is 0 Å². The van der Waals surface area contributed by atoms with Crippen molar-refractivity contribution in [2.45, 2.75) is 25.2 Å². The van der Waals surface area contributed by atoms with Gasteiger partial charge in [0.05, 0.1) is 10.6 Å². The highest BCUT2D eigenvalue weighted by molar-refractivity contribution is 6.30. The first-order valence-electron chi connectivity index (χ1n) is 6.85. The number of ketones is 1. The van der Waals surface area contributed by atoms with E-state index in [0.717, 1.165) is 30.5 Å². The minimum atomic E-state index is -0.805. The second-order valence-electron chi connectivity index (χ2n) is 5.33. The Morgan fingerprint density at radius 1 is 1.10 bits per heavy atom. The molecule has 0 spiro atoms. The topological polar surface area (TPSA) is 17.1 Å². The van der Waals surface area contributed by atoms with Gasteiger partial charge in [-0.25, -0.2) is 8.78 Å². The van der Waals surface area contributed by atoms with Gasteiger partial charge >= 0.3 is 0 Å². The van der Waals surface area contributed by atoms with Gasteiger partial charge in [0.2, 0.25) is 0 Å². The third-order valence-corrected chi connectivity index (χ3v) is 4.27. The molecule has 1 fully saturated rings. The SMILES string of the molecule is O=C(c1cccc(C2CCC2)c1)c1cc(F)c(Cl)cc1F. The largest absolute Gasteiger partial charge is 0.288 e. The van der Waals surface area contributed by atoms with Crippen molar-refractivity contribution in [3.8, 4) is 0 Å². The monoisotopic (exact) mass is 306 g/mol. The van der Waals surface area contributed by atoms with E-state index in [-0.39, 0.29) is 10.6 Å². The molecule has 3 rings (SSSR count). The first kappa shape index (κ1) is 14.2. The lowest BCUT2D eigenvalue weighted by molar-refractivity contribution is 0.103. The molecule has 1 saturated carbocycles. The highest BCUT2D eigenvalue weighted by Crippen LogP contribution is 2.36. The summed E-state index contributed by atoms with van der Waals surface area (Å²) in [7, 11) is 0. The van der Waals surface area contributed by atoms with E-state index in [1.165, 1.54) is 6.42 Å². The summed E-state index contributed by atoms with van der Waals surface area (Å²) in [5.74, 6) is -1.65. The normalized spacial score (nSPS) is 14.8. The molecule has 4 heteroatoms. The van der Waals surface area contributed by atoms with Gasteiger partial charge in [0, 0.05) is 5.56 Å². The van der Waals surface area contributed by atoms with Gasteiger partial charge in [-0.05, 0) is 42.5 Å². The summed E-state index contributed by atoms with van der Waals surface area (Å²) in [6.07, 6.45) is 3.42. The number of carbonyl (C=O) groups is 1. The van der Waals surface area contributed by atoms with Gasteiger partial charge in [-0.1, -0.05) is 36.2 Å². The van der Waals surface area contributed by atoms with Crippen LogP contribution in [0.4, 0.5) is 8.78 Å². The average Bonchev–Trinajstić information content (AvgIpc) is 2.40. The standard InChI is InChI=1S/C17H13ClF2O/c18-14-9-15(19)13(8-16(14)20)17(21)12-6-2-5-11(7-12)10-3-1-4-10/h2,5-10H,1,3-4H2.